The number of carbonyl (C=O) groups is 1. The van der Waals surface area contributed by atoms with Crippen LogP contribution in [0.3, 0.4) is 0 Å². The number of para-hydroxylation sites is 1. The molecule has 2 rings (SSSR count). The number of benzene rings is 1. The van der Waals surface area contributed by atoms with E-state index in [4.69, 9.17) is 10.5 Å². The van der Waals surface area contributed by atoms with E-state index in [1.807, 2.05) is 24.3 Å². The van der Waals surface area contributed by atoms with Gasteiger partial charge in [0, 0.05) is 6.54 Å². The predicted molar refractivity (Wildman–Crippen MR) is 88.9 cm³/mol. The van der Waals surface area contributed by atoms with Gasteiger partial charge in [-0.2, -0.15) is 0 Å². The second-order valence-corrected chi connectivity index (χ2v) is 6.20. The van der Waals surface area contributed by atoms with Gasteiger partial charge in [-0.15, -0.1) is 0 Å². The summed E-state index contributed by atoms with van der Waals surface area (Å²) in [6, 6.07) is 7.51. The average molecular weight is 304 g/mol. The fourth-order valence-electron chi connectivity index (χ4n) is 3.25. The molecule has 4 nitrogen and oxygen atoms in total. The number of rotatable bonds is 7. The van der Waals surface area contributed by atoms with E-state index in [0.29, 0.717) is 12.5 Å². The van der Waals surface area contributed by atoms with E-state index in [2.05, 4.69) is 5.32 Å². The summed E-state index contributed by atoms with van der Waals surface area (Å²) in [5.74, 6) is 1.47. The normalized spacial score (nSPS) is 17.0. The van der Waals surface area contributed by atoms with Crippen molar-refractivity contribution in [3.8, 4) is 5.75 Å². The molecule has 1 saturated carbocycles. The van der Waals surface area contributed by atoms with Crippen LogP contribution in [0.4, 0.5) is 0 Å². The van der Waals surface area contributed by atoms with Crippen LogP contribution in [0, 0.1) is 5.92 Å². The number of methoxy groups -OCH3 is 1. The molecular weight excluding hydrogens is 276 g/mol. The third-order valence-electron chi connectivity index (χ3n) is 4.53. The Labute approximate surface area is 133 Å². The third kappa shape index (κ3) is 5.02. The van der Waals surface area contributed by atoms with Crippen molar-refractivity contribution in [1.29, 1.82) is 0 Å². The summed E-state index contributed by atoms with van der Waals surface area (Å²) < 4.78 is 5.31. The molecule has 1 unspecified atom stereocenters. The number of amides is 1. The van der Waals surface area contributed by atoms with Crippen LogP contribution < -0.4 is 15.8 Å². The molecule has 1 aromatic carbocycles. The number of hydrogen-bond donors (Lipinski definition) is 2. The topological polar surface area (TPSA) is 64.3 Å². The van der Waals surface area contributed by atoms with E-state index >= 15 is 0 Å². The van der Waals surface area contributed by atoms with Gasteiger partial charge in [0.15, 0.2) is 0 Å². The van der Waals surface area contributed by atoms with Gasteiger partial charge in [0.05, 0.1) is 13.2 Å². The van der Waals surface area contributed by atoms with Crippen LogP contribution in [0.5, 0.6) is 5.75 Å². The highest BCUT2D eigenvalue weighted by molar-refractivity contribution is 5.81. The lowest BCUT2D eigenvalue weighted by atomic mass is 9.85. The molecule has 0 heterocycles. The predicted octanol–water partition coefficient (Wildman–Crippen LogP) is 2.65. The lowest BCUT2D eigenvalue weighted by Gasteiger charge is -2.24. The summed E-state index contributed by atoms with van der Waals surface area (Å²) in [5.41, 5.74) is 7.15. The third-order valence-corrected chi connectivity index (χ3v) is 4.53. The van der Waals surface area contributed by atoms with Crippen molar-refractivity contribution in [3.05, 3.63) is 29.8 Å². The lowest BCUT2D eigenvalue weighted by Crippen LogP contribution is -2.42. The molecule has 0 aliphatic heterocycles. The first-order valence-corrected chi connectivity index (χ1v) is 8.36. The van der Waals surface area contributed by atoms with Gasteiger partial charge in [0.25, 0.3) is 0 Å². The maximum atomic E-state index is 12.1. The first kappa shape index (κ1) is 16.8. The maximum Gasteiger partial charge on any atom is 0.236 e. The van der Waals surface area contributed by atoms with Gasteiger partial charge in [0.1, 0.15) is 5.75 Å². The molecule has 1 aromatic rings. The minimum atomic E-state index is -0.374. The second kappa shape index (κ2) is 8.79. The molecule has 0 bridgehead atoms. The van der Waals surface area contributed by atoms with E-state index < -0.39 is 0 Å². The van der Waals surface area contributed by atoms with Crippen molar-refractivity contribution in [2.24, 2.45) is 11.7 Å². The minimum Gasteiger partial charge on any atom is -0.496 e. The molecule has 1 atom stereocenters. The van der Waals surface area contributed by atoms with Crippen molar-refractivity contribution in [2.45, 2.75) is 51.0 Å². The Morgan fingerprint density at radius 3 is 2.77 bits per heavy atom. The molecular formula is C18H28N2O2. The zero-order valence-electron chi connectivity index (χ0n) is 13.5. The number of hydrogen-bond acceptors (Lipinski definition) is 3. The zero-order valence-corrected chi connectivity index (χ0v) is 13.5. The van der Waals surface area contributed by atoms with Gasteiger partial charge in [-0.1, -0.05) is 50.3 Å². The van der Waals surface area contributed by atoms with Gasteiger partial charge in [-0.25, -0.2) is 0 Å². The molecule has 0 spiro atoms. The molecule has 0 saturated heterocycles. The number of nitrogens with one attached hydrogen (secondary N) is 1. The van der Waals surface area contributed by atoms with Crippen molar-refractivity contribution in [1.82, 2.24) is 5.32 Å². The molecule has 22 heavy (non-hydrogen) atoms. The molecule has 1 aliphatic carbocycles. The van der Waals surface area contributed by atoms with Crippen molar-refractivity contribution in [3.63, 3.8) is 0 Å². The van der Waals surface area contributed by atoms with Crippen molar-refractivity contribution in [2.75, 3.05) is 13.7 Å². The Morgan fingerprint density at radius 2 is 2.05 bits per heavy atom. The van der Waals surface area contributed by atoms with E-state index in [9.17, 15) is 4.79 Å². The van der Waals surface area contributed by atoms with Gasteiger partial charge in [-0.3, -0.25) is 4.79 Å². The highest BCUT2D eigenvalue weighted by atomic mass is 16.5. The number of carbonyl (C=O) groups excluding carboxylic acids is 1. The molecule has 1 aliphatic rings. The monoisotopic (exact) mass is 304 g/mol. The highest BCUT2D eigenvalue weighted by Gasteiger charge is 2.20. The lowest BCUT2D eigenvalue weighted by molar-refractivity contribution is -0.122. The van der Waals surface area contributed by atoms with Gasteiger partial charge in [0.2, 0.25) is 5.91 Å². The molecule has 0 aromatic heterocycles. The number of nitrogens with two attached hydrogens (primary N) is 1. The molecule has 1 amide bonds. The SMILES string of the molecule is COc1ccccc1CCNC(=O)C(N)CC1CCCCC1. The summed E-state index contributed by atoms with van der Waals surface area (Å²) in [7, 11) is 1.66. The molecule has 1 fully saturated rings. The standard InChI is InChI=1S/C18H28N2O2/c1-22-17-10-6-5-9-15(17)11-12-20-18(21)16(19)13-14-7-3-2-4-8-14/h5-6,9-10,14,16H,2-4,7-8,11-13,19H2,1H3,(H,20,21). The van der Waals surface area contributed by atoms with Crippen LogP contribution in [0.15, 0.2) is 24.3 Å². The maximum absolute atomic E-state index is 12.1. The summed E-state index contributed by atoms with van der Waals surface area (Å²) in [4.78, 5) is 12.1. The Morgan fingerprint density at radius 1 is 1.32 bits per heavy atom. The van der Waals surface area contributed by atoms with Crippen LogP contribution in [-0.2, 0) is 11.2 Å². The van der Waals surface area contributed by atoms with Crippen LogP contribution in [0.1, 0.15) is 44.1 Å². The summed E-state index contributed by atoms with van der Waals surface area (Å²) in [5, 5.41) is 2.95. The Balaban J connectivity index is 1.72. The van der Waals surface area contributed by atoms with Gasteiger partial charge < -0.3 is 15.8 Å². The summed E-state index contributed by atoms with van der Waals surface area (Å²) >= 11 is 0. The minimum absolute atomic E-state index is 0.0273. The molecule has 3 N–H and O–H groups in total. The zero-order chi connectivity index (χ0) is 15.8. The Hall–Kier alpha value is -1.55. The van der Waals surface area contributed by atoms with E-state index in [1.165, 1.54) is 32.1 Å². The fraction of sp³-hybridized carbons (Fsp3) is 0.611. The van der Waals surface area contributed by atoms with Crippen molar-refractivity contribution < 1.29 is 9.53 Å². The quantitative estimate of drug-likeness (QED) is 0.814. The molecule has 0 radical (unpaired) electrons. The summed E-state index contributed by atoms with van der Waals surface area (Å²) in [6.07, 6.45) is 7.92. The van der Waals surface area contributed by atoms with E-state index in [-0.39, 0.29) is 11.9 Å². The first-order valence-electron chi connectivity index (χ1n) is 8.36. The van der Waals surface area contributed by atoms with Crippen molar-refractivity contribution >= 4 is 5.91 Å². The van der Waals surface area contributed by atoms with E-state index in [0.717, 1.165) is 24.2 Å². The second-order valence-electron chi connectivity index (χ2n) is 6.20. The smallest absolute Gasteiger partial charge is 0.236 e. The van der Waals surface area contributed by atoms with E-state index in [1.54, 1.807) is 7.11 Å². The Bertz CT molecular complexity index is 470. The number of ether oxygens (including phenoxy) is 1. The Kier molecular flexibility index (Phi) is 6.72. The first-order chi connectivity index (χ1) is 10.7. The van der Waals surface area contributed by atoms with Crippen LogP contribution in [-0.4, -0.2) is 25.6 Å². The highest BCUT2D eigenvalue weighted by Crippen LogP contribution is 2.26. The van der Waals surface area contributed by atoms with Crippen LogP contribution >= 0.6 is 0 Å². The van der Waals surface area contributed by atoms with Gasteiger partial charge >= 0.3 is 0 Å². The largest absolute Gasteiger partial charge is 0.496 e. The fourth-order valence-corrected chi connectivity index (χ4v) is 3.25. The molecule has 122 valence electrons. The summed E-state index contributed by atoms with van der Waals surface area (Å²) in [6.45, 7) is 0.595. The van der Waals surface area contributed by atoms with Crippen LogP contribution in [0.25, 0.3) is 0 Å². The average Bonchev–Trinajstić information content (AvgIpc) is 2.56. The van der Waals surface area contributed by atoms with Crippen LogP contribution in [0.2, 0.25) is 0 Å². The molecule has 4 heteroatoms. The van der Waals surface area contributed by atoms with Gasteiger partial charge in [-0.05, 0) is 30.4 Å².